The van der Waals surface area contributed by atoms with Gasteiger partial charge in [-0.25, -0.2) is 4.98 Å². The molecule has 0 unspecified atom stereocenters. The number of benzene rings is 1. The van der Waals surface area contributed by atoms with Gasteiger partial charge in [-0.3, -0.25) is 14.7 Å². The second kappa shape index (κ2) is 7.32. The molecule has 8 heteroatoms. The molecule has 27 heavy (non-hydrogen) atoms. The minimum Gasteiger partial charge on any atom is -0.332 e. The molecular weight excluding hydrogens is 362 g/mol. The first-order chi connectivity index (χ1) is 13.1. The maximum Gasteiger partial charge on any atom is 0.264 e. The highest BCUT2D eigenvalue weighted by molar-refractivity contribution is 7.12. The summed E-state index contributed by atoms with van der Waals surface area (Å²) in [5.74, 6) is 1.63. The van der Waals surface area contributed by atoms with Crippen LogP contribution in [0.15, 0.2) is 41.8 Å². The van der Waals surface area contributed by atoms with E-state index in [0.29, 0.717) is 22.3 Å². The predicted octanol–water partition coefficient (Wildman–Crippen LogP) is 3.12. The molecule has 7 nitrogen and oxygen atoms in total. The van der Waals surface area contributed by atoms with E-state index in [-0.39, 0.29) is 18.4 Å². The fourth-order valence-electron chi connectivity index (χ4n) is 2.75. The highest BCUT2D eigenvalue weighted by atomic mass is 32.1. The minimum atomic E-state index is -0.256. The third-order valence-corrected chi connectivity index (χ3v) is 5.19. The average Bonchev–Trinajstić information content (AvgIpc) is 3.17. The SMILES string of the molecule is CN(CC(=O)Nc1cccc(-c2n[nH]c(C3CC3)n2)c1)C(=O)c1cccs1. The van der Waals surface area contributed by atoms with Crippen molar-refractivity contribution in [1.82, 2.24) is 20.1 Å². The van der Waals surface area contributed by atoms with Crippen LogP contribution < -0.4 is 5.32 Å². The lowest BCUT2D eigenvalue weighted by molar-refractivity contribution is -0.116. The fourth-order valence-corrected chi connectivity index (χ4v) is 3.47. The topological polar surface area (TPSA) is 91.0 Å². The van der Waals surface area contributed by atoms with Gasteiger partial charge in [0.2, 0.25) is 5.91 Å². The molecule has 2 N–H and O–H groups in total. The summed E-state index contributed by atoms with van der Waals surface area (Å²) in [6.07, 6.45) is 2.31. The summed E-state index contributed by atoms with van der Waals surface area (Å²) >= 11 is 1.36. The summed E-state index contributed by atoms with van der Waals surface area (Å²) in [5, 5.41) is 11.9. The molecule has 2 amide bonds. The molecule has 138 valence electrons. The highest BCUT2D eigenvalue weighted by Gasteiger charge is 2.27. The number of rotatable bonds is 6. The quantitative estimate of drug-likeness (QED) is 0.686. The summed E-state index contributed by atoms with van der Waals surface area (Å²) < 4.78 is 0. The zero-order chi connectivity index (χ0) is 18.8. The Hall–Kier alpha value is -3.00. The van der Waals surface area contributed by atoms with Gasteiger partial charge in [-0.1, -0.05) is 18.2 Å². The number of aromatic nitrogens is 3. The van der Waals surface area contributed by atoms with Crippen LogP contribution >= 0.6 is 11.3 Å². The van der Waals surface area contributed by atoms with Gasteiger partial charge in [-0.05, 0) is 36.4 Å². The Morgan fingerprint density at radius 2 is 2.15 bits per heavy atom. The standard InChI is InChI=1S/C19H19N5O2S/c1-24(19(26)15-6-3-9-27-15)11-16(25)20-14-5-2-4-13(10-14)18-21-17(22-23-18)12-7-8-12/h2-6,9-10,12H,7-8,11H2,1H3,(H,20,25)(H,21,22,23). The van der Waals surface area contributed by atoms with Gasteiger partial charge in [0.15, 0.2) is 5.82 Å². The van der Waals surface area contributed by atoms with Crippen LogP contribution in [0, 0.1) is 0 Å². The van der Waals surface area contributed by atoms with E-state index in [4.69, 9.17) is 0 Å². The molecule has 1 saturated carbocycles. The smallest absolute Gasteiger partial charge is 0.264 e. The number of likely N-dealkylation sites (N-methyl/N-ethyl adjacent to an activating group) is 1. The van der Waals surface area contributed by atoms with Gasteiger partial charge in [-0.15, -0.1) is 11.3 Å². The van der Waals surface area contributed by atoms with Crippen molar-refractivity contribution in [3.05, 3.63) is 52.5 Å². The van der Waals surface area contributed by atoms with Crippen molar-refractivity contribution >= 4 is 28.8 Å². The largest absolute Gasteiger partial charge is 0.332 e. The van der Waals surface area contributed by atoms with E-state index in [9.17, 15) is 9.59 Å². The zero-order valence-corrected chi connectivity index (χ0v) is 15.6. The highest BCUT2D eigenvalue weighted by Crippen LogP contribution is 2.38. The van der Waals surface area contributed by atoms with Gasteiger partial charge in [0.25, 0.3) is 5.91 Å². The van der Waals surface area contributed by atoms with E-state index < -0.39 is 0 Å². The summed E-state index contributed by atoms with van der Waals surface area (Å²) in [6, 6.07) is 10.9. The monoisotopic (exact) mass is 381 g/mol. The third-order valence-electron chi connectivity index (χ3n) is 4.33. The van der Waals surface area contributed by atoms with Gasteiger partial charge in [0.1, 0.15) is 5.82 Å². The van der Waals surface area contributed by atoms with Gasteiger partial charge < -0.3 is 10.2 Å². The molecule has 0 spiro atoms. The van der Waals surface area contributed by atoms with Gasteiger partial charge in [0.05, 0.1) is 11.4 Å². The van der Waals surface area contributed by atoms with E-state index in [2.05, 4.69) is 20.5 Å². The fraction of sp³-hybridized carbons (Fsp3) is 0.263. The van der Waals surface area contributed by atoms with Gasteiger partial charge in [0, 0.05) is 24.2 Å². The molecule has 3 aromatic rings. The van der Waals surface area contributed by atoms with Crippen LogP contribution in [0.4, 0.5) is 5.69 Å². The Morgan fingerprint density at radius 1 is 1.30 bits per heavy atom. The zero-order valence-electron chi connectivity index (χ0n) is 14.8. The van der Waals surface area contributed by atoms with E-state index >= 15 is 0 Å². The summed E-state index contributed by atoms with van der Waals surface area (Å²) in [6.45, 7) is -0.0204. The van der Waals surface area contributed by atoms with Crippen molar-refractivity contribution in [3.8, 4) is 11.4 Å². The van der Waals surface area contributed by atoms with E-state index in [1.54, 1.807) is 19.2 Å². The van der Waals surface area contributed by atoms with Crippen molar-refractivity contribution in [1.29, 1.82) is 0 Å². The lowest BCUT2D eigenvalue weighted by Gasteiger charge is -2.16. The molecular formula is C19H19N5O2S. The summed E-state index contributed by atoms with van der Waals surface area (Å²) in [4.78, 5) is 31.1. The number of anilines is 1. The molecule has 1 aromatic carbocycles. The van der Waals surface area contributed by atoms with Gasteiger partial charge >= 0.3 is 0 Å². The number of aromatic amines is 1. The molecule has 0 radical (unpaired) electrons. The van der Waals surface area contributed by atoms with Crippen molar-refractivity contribution in [2.24, 2.45) is 0 Å². The molecule has 1 aliphatic rings. The van der Waals surface area contributed by atoms with Crippen LogP contribution in [0.25, 0.3) is 11.4 Å². The van der Waals surface area contributed by atoms with Crippen LogP contribution in [0.5, 0.6) is 0 Å². The first-order valence-electron chi connectivity index (χ1n) is 8.71. The summed E-state index contributed by atoms with van der Waals surface area (Å²) in [5.41, 5.74) is 1.48. The number of hydrogen-bond acceptors (Lipinski definition) is 5. The molecule has 1 aliphatic carbocycles. The number of thiophene rings is 1. The second-order valence-corrected chi connectivity index (χ2v) is 7.53. The van der Waals surface area contributed by atoms with Crippen molar-refractivity contribution in [2.45, 2.75) is 18.8 Å². The molecule has 4 rings (SSSR count). The van der Waals surface area contributed by atoms with E-state index in [0.717, 1.165) is 24.2 Å². The van der Waals surface area contributed by atoms with E-state index in [1.165, 1.54) is 16.2 Å². The first kappa shape index (κ1) is 17.4. The van der Waals surface area contributed by atoms with Crippen molar-refractivity contribution in [2.75, 3.05) is 18.9 Å². The van der Waals surface area contributed by atoms with E-state index in [1.807, 2.05) is 29.6 Å². The van der Waals surface area contributed by atoms with Crippen LogP contribution in [0.3, 0.4) is 0 Å². The number of carbonyl (C=O) groups excluding carboxylic acids is 2. The first-order valence-corrected chi connectivity index (χ1v) is 9.59. The number of nitrogens with one attached hydrogen (secondary N) is 2. The molecule has 0 aliphatic heterocycles. The number of carbonyl (C=O) groups is 2. The van der Waals surface area contributed by atoms with Crippen molar-refractivity contribution in [3.63, 3.8) is 0 Å². The third kappa shape index (κ3) is 4.06. The lowest BCUT2D eigenvalue weighted by atomic mass is 10.2. The van der Waals surface area contributed by atoms with Crippen molar-refractivity contribution < 1.29 is 9.59 Å². The Kier molecular flexibility index (Phi) is 4.72. The lowest BCUT2D eigenvalue weighted by Crippen LogP contribution is -2.34. The normalized spacial score (nSPS) is 13.4. The average molecular weight is 381 g/mol. The molecule has 2 heterocycles. The van der Waals surface area contributed by atoms with Crippen LogP contribution in [-0.4, -0.2) is 45.5 Å². The van der Waals surface area contributed by atoms with Gasteiger partial charge in [-0.2, -0.15) is 5.10 Å². The molecule has 2 aromatic heterocycles. The van der Waals surface area contributed by atoms with Crippen LogP contribution in [0.1, 0.15) is 34.3 Å². The number of nitrogens with zero attached hydrogens (tertiary/aromatic N) is 3. The van der Waals surface area contributed by atoms with Crippen LogP contribution in [-0.2, 0) is 4.79 Å². The second-order valence-electron chi connectivity index (χ2n) is 6.59. The number of H-pyrrole nitrogens is 1. The maximum atomic E-state index is 12.3. The Labute approximate surface area is 160 Å². The molecule has 0 bridgehead atoms. The Morgan fingerprint density at radius 3 is 2.89 bits per heavy atom. The van der Waals surface area contributed by atoms with Crippen LogP contribution in [0.2, 0.25) is 0 Å². The molecule has 0 atom stereocenters. The minimum absolute atomic E-state index is 0.0204. The number of hydrogen-bond donors (Lipinski definition) is 2. The maximum absolute atomic E-state index is 12.3. The Balaban J connectivity index is 1.40. The Bertz CT molecular complexity index is 962. The molecule has 0 saturated heterocycles. The summed E-state index contributed by atoms with van der Waals surface area (Å²) in [7, 11) is 1.62. The number of amides is 2. The molecule has 1 fully saturated rings. The predicted molar refractivity (Wildman–Crippen MR) is 104 cm³/mol.